The number of nitrogens with one attached hydrogen (secondary N) is 1. The predicted octanol–water partition coefficient (Wildman–Crippen LogP) is 1.38. The highest BCUT2D eigenvalue weighted by molar-refractivity contribution is 6.33. The van der Waals surface area contributed by atoms with Crippen molar-refractivity contribution in [3.63, 3.8) is 0 Å². The number of hydrogen-bond donors (Lipinski definition) is 3. The van der Waals surface area contributed by atoms with Crippen LogP contribution in [0.25, 0.3) is 0 Å². The van der Waals surface area contributed by atoms with E-state index in [1.807, 2.05) is 0 Å². The molecule has 0 saturated carbocycles. The fourth-order valence-electron chi connectivity index (χ4n) is 0.974. The molecular formula is C9H10ClF2NO2. The zero-order valence-electron chi connectivity index (χ0n) is 7.67. The van der Waals surface area contributed by atoms with Crippen LogP contribution >= 0.6 is 11.6 Å². The molecule has 0 aliphatic heterocycles. The Morgan fingerprint density at radius 2 is 2.07 bits per heavy atom. The summed E-state index contributed by atoms with van der Waals surface area (Å²) in [6.45, 7) is -0.585. The van der Waals surface area contributed by atoms with Crippen LogP contribution in [0.4, 0.5) is 14.5 Å². The quantitative estimate of drug-likeness (QED) is 0.694. The molecule has 0 aromatic heterocycles. The molecular weight excluding hydrogens is 228 g/mol. The molecule has 6 heteroatoms. The van der Waals surface area contributed by atoms with E-state index in [9.17, 15) is 8.78 Å². The van der Waals surface area contributed by atoms with E-state index in [4.69, 9.17) is 21.8 Å². The molecule has 0 amide bonds. The third-order valence-electron chi connectivity index (χ3n) is 1.77. The number of hydrogen-bond acceptors (Lipinski definition) is 3. The summed E-state index contributed by atoms with van der Waals surface area (Å²) in [6.07, 6.45) is -1.05. The van der Waals surface area contributed by atoms with Crippen LogP contribution in [0.5, 0.6) is 0 Å². The molecule has 0 aliphatic rings. The van der Waals surface area contributed by atoms with E-state index >= 15 is 0 Å². The van der Waals surface area contributed by atoms with Gasteiger partial charge >= 0.3 is 0 Å². The molecule has 0 heterocycles. The first-order valence-corrected chi connectivity index (χ1v) is 4.60. The van der Waals surface area contributed by atoms with Gasteiger partial charge in [-0.05, 0) is 12.1 Å². The highest BCUT2D eigenvalue weighted by atomic mass is 35.5. The molecule has 1 aromatic rings. The van der Waals surface area contributed by atoms with E-state index in [1.54, 1.807) is 0 Å². The zero-order valence-corrected chi connectivity index (χ0v) is 8.43. The summed E-state index contributed by atoms with van der Waals surface area (Å²) in [5.41, 5.74) is -0.218. The minimum Gasteiger partial charge on any atom is -0.394 e. The van der Waals surface area contributed by atoms with Crippen molar-refractivity contribution < 1.29 is 19.0 Å². The van der Waals surface area contributed by atoms with E-state index in [-0.39, 0.29) is 17.3 Å². The third-order valence-corrected chi connectivity index (χ3v) is 2.08. The second kappa shape index (κ2) is 5.25. The number of aliphatic hydroxyl groups is 2. The van der Waals surface area contributed by atoms with Gasteiger partial charge < -0.3 is 15.5 Å². The van der Waals surface area contributed by atoms with Crippen molar-refractivity contribution in [3.05, 3.63) is 28.8 Å². The number of benzene rings is 1. The number of halogens is 3. The summed E-state index contributed by atoms with van der Waals surface area (Å²) in [5, 5.41) is 19.9. The van der Waals surface area contributed by atoms with Crippen LogP contribution < -0.4 is 5.32 Å². The van der Waals surface area contributed by atoms with Gasteiger partial charge in [-0.25, -0.2) is 8.78 Å². The van der Waals surface area contributed by atoms with Crippen molar-refractivity contribution >= 4 is 17.3 Å². The van der Waals surface area contributed by atoms with Crippen LogP contribution in [0.2, 0.25) is 5.02 Å². The van der Waals surface area contributed by atoms with Crippen LogP contribution in [-0.4, -0.2) is 29.5 Å². The maximum Gasteiger partial charge on any atom is 0.183 e. The lowest BCUT2D eigenvalue weighted by molar-refractivity contribution is 0.105. The number of rotatable bonds is 4. The average molecular weight is 238 g/mol. The van der Waals surface area contributed by atoms with Gasteiger partial charge in [0.05, 0.1) is 23.4 Å². The highest BCUT2D eigenvalue weighted by Gasteiger charge is 2.13. The van der Waals surface area contributed by atoms with E-state index in [0.29, 0.717) is 0 Å². The molecule has 1 unspecified atom stereocenters. The molecule has 0 fully saturated rings. The van der Waals surface area contributed by atoms with E-state index in [1.165, 1.54) is 6.07 Å². The van der Waals surface area contributed by atoms with Crippen LogP contribution in [0.15, 0.2) is 12.1 Å². The van der Waals surface area contributed by atoms with Crippen LogP contribution in [0.1, 0.15) is 0 Å². The molecule has 84 valence electrons. The van der Waals surface area contributed by atoms with Crippen LogP contribution in [-0.2, 0) is 0 Å². The second-order valence-electron chi connectivity index (χ2n) is 2.94. The van der Waals surface area contributed by atoms with Crippen LogP contribution in [0, 0.1) is 11.6 Å². The van der Waals surface area contributed by atoms with Gasteiger partial charge in [0.2, 0.25) is 0 Å². The second-order valence-corrected chi connectivity index (χ2v) is 3.34. The smallest absolute Gasteiger partial charge is 0.183 e. The van der Waals surface area contributed by atoms with Crippen molar-refractivity contribution in [3.8, 4) is 0 Å². The van der Waals surface area contributed by atoms with Gasteiger partial charge in [-0.2, -0.15) is 0 Å². The molecule has 15 heavy (non-hydrogen) atoms. The topological polar surface area (TPSA) is 52.5 Å². The Labute approximate surface area is 90.3 Å². The molecule has 0 bridgehead atoms. The molecule has 0 saturated heterocycles. The van der Waals surface area contributed by atoms with Gasteiger partial charge in [0.25, 0.3) is 0 Å². The molecule has 3 nitrogen and oxygen atoms in total. The molecule has 0 aliphatic carbocycles. The van der Waals surface area contributed by atoms with Crippen molar-refractivity contribution in [2.45, 2.75) is 6.10 Å². The summed E-state index contributed by atoms with van der Waals surface area (Å²) >= 11 is 5.61. The molecule has 1 atom stereocenters. The maximum atomic E-state index is 13.2. The third kappa shape index (κ3) is 3.02. The SMILES string of the molecule is OCC(O)CNc1c(Cl)ccc(F)c1F. The summed E-state index contributed by atoms with van der Waals surface area (Å²) in [6, 6.07) is 2.11. The van der Waals surface area contributed by atoms with Gasteiger partial charge in [-0.1, -0.05) is 11.6 Å². The lowest BCUT2D eigenvalue weighted by Crippen LogP contribution is -2.23. The maximum absolute atomic E-state index is 13.2. The van der Waals surface area contributed by atoms with Gasteiger partial charge in [-0.15, -0.1) is 0 Å². The fraction of sp³-hybridized carbons (Fsp3) is 0.333. The number of anilines is 1. The van der Waals surface area contributed by atoms with Gasteiger partial charge in [-0.3, -0.25) is 0 Å². The van der Waals surface area contributed by atoms with Crippen molar-refractivity contribution in [1.82, 2.24) is 0 Å². The number of aliphatic hydroxyl groups excluding tert-OH is 2. The Balaban J connectivity index is 2.80. The Kier molecular flexibility index (Phi) is 4.26. The summed E-state index contributed by atoms with van der Waals surface area (Å²) in [5.74, 6) is -2.13. The van der Waals surface area contributed by atoms with Gasteiger partial charge in [0.15, 0.2) is 11.6 Å². The molecule has 1 rings (SSSR count). The Bertz CT molecular complexity index is 349. The van der Waals surface area contributed by atoms with Crippen molar-refractivity contribution in [2.75, 3.05) is 18.5 Å². The highest BCUT2D eigenvalue weighted by Crippen LogP contribution is 2.26. The van der Waals surface area contributed by atoms with Gasteiger partial charge in [0, 0.05) is 6.54 Å². The first-order valence-electron chi connectivity index (χ1n) is 4.22. The van der Waals surface area contributed by atoms with Gasteiger partial charge in [0.1, 0.15) is 0 Å². The lowest BCUT2D eigenvalue weighted by atomic mass is 10.2. The summed E-state index contributed by atoms with van der Waals surface area (Å²) in [4.78, 5) is 0. The summed E-state index contributed by atoms with van der Waals surface area (Å²) in [7, 11) is 0. The molecule has 0 spiro atoms. The molecule has 1 aromatic carbocycles. The minimum absolute atomic E-state index is 0.0130. The Hall–Kier alpha value is -0.910. The van der Waals surface area contributed by atoms with Crippen molar-refractivity contribution in [2.24, 2.45) is 0 Å². The zero-order chi connectivity index (χ0) is 11.4. The van der Waals surface area contributed by atoms with E-state index in [0.717, 1.165) is 6.07 Å². The molecule has 3 N–H and O–H groups in total. The van der Waals surface area contributed by atoms with E-state index < -0.39 is 24.3 Å². The normalized spacial score (nSPS) is 12.6. The minimum atomic E-state index is -1.10. The van der Waals surface area contributed by atoms with E-state index in [2.05, 4.69) is 5.32 Å². The first kappa shape index (κ1) is 12.2. The average Bonchev–Trinajstić information content (AvgIpc) is 2.23. The Morgan fingerprint density at radius 1 is 1.40 bits per heavy atom. The predicted molar refractivity (Wildman–Crippen MR) is 53.0 cm³/mol. The fourth-order valence-corrected chi connectivity index (χ4v) is 1.19. The summed E-state index contributed by atoms with van der Waals surface area (Å²) < 4.78 is 25.9. The Morgan fingerprint density at radius 3 is 2.67 bits per heavy atom. The van der Waals surface area contributed by atoms with Crippen molar-refractivity contribution in [1.29, 1.82) is 0 Å². The van der Waals surface area contributed by atoms with Crippen LogP contribution in [0.3, 0.4) is 0 Å². The lowest BCUT2D eigenvalue weighted by Gasteiger charge is -2.12. The molecule has 0 radical (unpaired) electrons. The standard InChI is InChI=1S/C9H10ClF2NO2/c10-6-1-2-7(11)8(12)9(6)13-3-5(15)4-14/h1-2,5,13-15H,3-4H2. The largest absolute Gasteiger partial charge is 0.394 e. The monoisotopic (exact) mass is 237 g/mol. The first-order chi connectivity index (χ1) is 7.06.